The molecule has 3 aromatic rings. The predicted molar refractivity (Wildman–Crippen MR) is 86.4 cm³/mol. The molecule has 0 aliphatic heterocycles. The van der Waals surface area contributed by atoms with Gasteiger partial charge in [-0.2, -0.15) is 0 Å². The lowest BCUT2D eigenvalue weighted by molar-refractivity contribution is 1.32. The minimum atomic E-state index is 0.892. The highest BCUT2D eigenvalue weighted by molar-refractivity contribution is 9.11. The monoisotopic (exact) mass is 378 g/mol. The molecule has 0 atom stereocenters. The van der Waals surface area contributed by atoms with Crippen molar-refractivity contribution in [2.75, 3.05) is 0 Å². The van der Waals surface area contributed by atoms with Gasteiger partial charge in [-0.05, 0) is 65.2 Å². The summed E-state index contributed by atoms with van der Waals surface area (Å²) < 4.78 is 2.07. The van der Waals surface area contributed by atoms with Crippen molar-refractivity contribution in [2.45, 2.75) is 13.8 Å². The second-order valence-corrected chi connectivity index (χ2v) is 6.46. The lowest BCUT2D eigenvalue weighted by Gasteiger charge is -2.00. The summed E-state index contributed by atoms with van der Waals surface area (Å²) in [5.74, 6) is 0.892. The van der Waals surface area contributed by atoms with Gasteiger partial charge in [-0.25, -0.2) is 4.98 Å². The van der Waals surface area contributed by atoms with Gasteiger partial charge in [0, 0.05) is 14.5 Å². The Balaban J connectivity index is 2.23. The van der Waals surface area contributed by atoms with Crippen molar-refractivity contribution in [1.29, 1.82) is 0 Å². The number of hydrogen-bond acceptors (Lipinski definition) is 1. The van der Waals surface area contributed by atoms with Crippen molar-refractivity contribution in [3.63, 3.8) is 0 Å². The Morgan fingerprint density at radius 1 is 1.05 bits per heavy atom. The second kappa shape index (κ2) is 4.76. The SMILES string of the molecule is Cc1cc(C)c2nc(-c3ccc(Br)cc3Br)[nH]c2c1. The molecule has 19 heavy (non-hydrogen) atoms. The number of nitrogens with one attached hydrogen (secondary N) is 1. The average molecular weight is 380 g/mol. The molecule has 0 aliphatic carbocycles. The molecule has 0 saturated carbocycles. The van der Waals surface area contributed by atoms with Gasteiger partial charge in [-0.15, -0.1) is 0 Å². The Morgan fingerprint density at radius 2 is 1.84 bits per heavy atom. The summed E-state index contributed by atoms with van der Waals surface area (Å²) in [5, 5.41) is 0. The third kappa shape index (κ3) is 2.35. The molecule has 3 rings (SSSR count). The van der Waals surface area contributed by atoms with E-state index in [-0.39, 0.29) is 0 Å². The third-order valence-electron chi connectivity index (χ3n) is 3.11. The first-order valence-electron chi connectivity index (χ1n) is 5.97. The number of benzene rings is 2. The number of fused-ring (bicyclic) bond motifs is 1. The van der Waals surface area contributed by atoms with E-state index in [2.05, 4.69) is 62.8 Å². The van der Waals surface area contributed by atoms with Crippen LogP contribution in [0.4, 0.5) is 0 Å². The molecule has 0 aliphatic rings. The minimum Gasteiger partial charge on any atom is -0.338 e. The van der Waals surface area contributed by atoms with Gasteiger partial charge in [-0.1, -0.05) is 22.0 Å². The number of halogens is 2. The topological polar surface area (TPSA) is 28.7 Å². The Kier molecular flexibility index (Phi) is 3.23. The van der Waals surface area contributed by atoms with E-state index >= 15 is 0 Å². The van der Waals surface area contributed by atoms with Gasteiger partial charge in [0.1, 0.15) is 5.82 Å². The van der Waals surface area contributed by atoms with Crippen LogP contribution in [-0.2, 0) is 0 Å². The van der Waals surface area contributed by atoms with Crippen molar-refractivity contribution in [3.05, 3.63) is 50.4 Å². The van der Waals surface area contributed by atoms with Gasteiger partial charge in [0.2, 0.25) is 0 Å². The van der Waals surface area contributed by atoms with Crippen LogP contribution in [0, 0.1) is 13.8 Å². The molecule has 1 heterocycles. The van der Waals surface area contributed by atoms with E-state index in [4.69, 9.17) is 4.98 Å². The van der Waals surface area contributed by atoms with Gasteiger partial charge in [0.25, 0.3) is 0 Å². The zero-order valence-corrected chi connectivity index (χ0v) is 13.8. The quantitative estimate of drug-likeness (QED) is 0.604. The maximum absolute atomic E-state index is 4.71. The fraction of sp³-hybridized carbons (Fsp3) is 0.133. The number of hydrogen-bond donors (Lipinski definition) is 1. The number of nitrogens with zero attached hydrogens (tertiary/aromatic N) is 1. The molecule has 1 aromatic heterocycles. The Morgan fingerprint density at radius 3 is 2.58 bits per heavy atom. The molecule has 0 bridgehead atoms. The zero-order valence-electron chi connectivity index (χ0n) is 10.6. The lowest BCUT2D eigenvalue weighted by atomic mass is 10.1. The molecule has 1 N–H and O–H groups in total. The van der Waals surface area contributed by atoms with E-state index < -0.39 is 0 Å². The first-order chi connectivity index (χ1) is 9.04. The summed E-state index contributed by atoms with van der Waals surface area (Å²) in [6.07, 6.45) is 0. The molecule has 0 amide bonds. The van der Waals surface area contributed by atoms with Crippen molar-refractivity contribution < 1.29 is 0 Å². The van der Waals surface area contributed by atoms with E-state index in [1.807, 2.05) is 18.2 Å². The van der Waals surface area contributed by atoms with Crippen LogP contribution < -0.4 is 0 Å². The summed E-state index contributed by atoms with van der Waals surface area (Å²) >= 11 is 7.05. The molecule has 0 saturated heterocycles. The fourth-order valence-corrected chi connectivity index (χ4v) is 3.51. The molecule has 4 heteroatoms. The normalized spacial score (nSPS) is 11.2. The van der Waals surface area contributed by atoms with E-state index in [1.54, 1.807) is 0 Å². The molecular formula is C15H12Br2N2. The lowest BCUT2D eigenvalue weighted by Crippen LogP contribution is -1.82. The van der Waals surface area contributed by atoms with Crippen LogP contribution in [-0.4, -0.2) is 9.97 Å². The average Bonchev–Trinajstić information content (AvgIpc) is 2.72. The Bertz CT molecular complexity index is 775. The van der Waals surface area contributed by atoms with Crippen LogP contribution in [0.3, 0.4) is 0 Å². The Hall–Kier alpha value is -1.13. The fourth-order valence-electron chi connectivity index (χ4n) is 2.28. The maximum atomic E-state index is 4.71. The second-order valence-electron chi connectivity index (χ2n) is 4.69. The van der Waals surface area contributed by atoms with Crippen LogP contribution in [0.25, 0.3) is 22.4 Å². The maximum Gasteiger partial charge on any atom is 0.139 e. The van der Waals surface area contributed by atoms with Crippen LogP contribution in [0.5, 0.6) is 0 Å². The van der Waals surface area contributed by atoms with Gasteiger partial charge in [0.05, 0.1) is 11.0 Å². The zero-order chi connectivity index (χ0) is 13.6. The number of aromatic amines is 1. The molecule has 0 spiro atoms. The number of imidazole rings is 1. The minimum absolute atomic E-state index is 0.892. The van der Waals surface area contributed by atoms with E-state index in [0.29, 0.717) is 0 Å². The summed E-state index contributed by atoms with van der Waals surface area (Å²) in [7, 11) is 0. The Labute approximate surface area is 128 Å². The predicted octanol–water partition coefficient (Wildman–Crippen LogP) is 5.37. The third-order valence-corrected chi connectivity index (χ3v) is 4.26. The molecule has 0 fully saturated rings. The van der Waals surface area contributed by atoms with Crippen LogP contribution in [0.15, 0.2) is 39.3 Å². The van der Waals surface area contributed by atoms with Crippen molar-refractivity contribution in [1.82, 2.24) is 9.97 Å². The van der Waals surface area contributed by atoms with Gasteiger partial charge in [0.15, 0.2) is 0 Å². The largest absolute Gasteiger partial charge is 0.338 e. The molecule has 96 valence electrons. The molecule has 0 radical (unpaired) electrons. The summed E-state index contributed by atoms with van der Waals surface area (Å²) in [6.45, 7) is 4.19. The number of H-pyrrole nitrogens is 1. The first kappa shape index (κ1) is 12.9. The number of aromatic nitrogens is 2. The summed E-state index contributed by atoms with van der Waals surface area (Å²) in [5.41, 5.74) is 5.63. The highest BCUT2D eigenvalue weighted by Gasteiger charge is 2.10. The first-order valence-corrected chi connectivity index (χ1v) is 7.55. The standard InChI is InChI=1S/C15H12Br2N2/c1-8-5-9(2)14-13(6-8)18-15(19-14)11-4-3-10(16)7-12(11)17/h3-7H,1-2H3,(H,18,19). The van der Waals surface area contributed by atoms with Crippen LogP contribution in [0.1, 0.15) is 11.1 Å². The van der Waals surface area contributed by atoms with Gasteiger partial charge < -0.3 is 4.98 Å². The highest BCUT2D eigenvalue weighted by atomic mass is 79.9. The van der Waals surface area contributed by atoms with Crippen molar-refractivity contribution in [3.8, 4) is 11.4 Å². The summed E-state index contributed by atoms with van der Waals surface area (Å²) in [4.78, 5) is 8.11. The van der Waals surface area contributed by atoms with E-state index in [9.17, 15) is 0 Å². The van der Waals surface area contributed by atoms with Gasteiger partial charge >= 0.3 is 0 Å². The number of aryl methyl sites for hydroxylation is 2. The van der Waals surface area contributed by atoms with E-state index in [0.717, 1.165) is 31.4 Å². The van der Waals surface area contributed by atoms with Crippen molar-refractivity contribution >= 4 is 42.9 Å². The highest BCUT2D eigenvalue weighted by Crippen LogP contribution is 2.31. The van der Waals surface area contributed by atoms with Crippen LogP contribution in [0.2, 0.25) is 0 Å². The number of rotatable bonds is 1. The van der Waals surface area contributed by atoms with Gasteiger partial charge in [-0.3, -0.25) is 0 Å². The summed E-state index contributed by atoms with van der Waals surface area (Å²) in [6, 6.07) is 10.4. The van der Waals surface area contributed by atoms with E-state index in [1.165, 1.54) is 11.1 Å². The molecule has 2 nitrogen and oxygen atoms in total. The molecule has 0 unspecified atom stereocenters. The molecular weight excluding hydrogens is 368 g/mol. The smallest absolute Gasteiger partial charge is 0.139 e. The van der Waals surface area contributed by atoms with Crippen LogP contribution >= 0.6 is 31.9 Å². The molecule has 2 aromatic carbocycles. The van der Waals surface area contributed by atoms with Crippen molar-refractivity contribution in [2.24, 2.45) is 0 Å².